The van der Waals surface area contributed by atoms with E-state index in [1.54, 1.807) is 23.4 Å². The third-order valence-electron chi connectivity index (χ3n) is 6.53. The molecular weight excluding hydrogens is 444 g/mol. The molecule has 0 aliphatic carbocycles. The monoisotopic (exact) mass is 470 g/mol. The van der Waals surface area contributed by atoms with Crippen molar-refractivity contribution in [1.29, 1.82) is 0 Å². The van der Waals surface area contributed by atoms with Gasteiger partial charge in [-0.1, -0.05) is 6.07 Å². The van der Waals surface area contributed by atoms with Gasteiger partial charge in [-0.2, -0.15) is 4.31 Å². The van der Waals surface area contributed by atoms with Gasteiger partial charge in [0.2, 0.25) is 15.9 Å². The van der Waals surface area contributed by atoms with E-state index in [1.807, 2.05) is 12.1 Å². The molecule has 2 aliphatic heterocycles. The highest BCUT2D eigenvalue weighted by atomic mass is 32.2. The summed E-state index contributed by atoms with van der Waals surface area (Å²) < 4.78 is 33.8. The van der Waals surface area contributed by atoms with Crippen molar-refractivity contribution in [3.05, 3.63) is 58.8 Å². The number of likely N-dealkylation sites (tertiary alicyclic amines) is 1. The van der Waals surface area contributed by atoms with E-state index >= 15 is 0 Å². The van der Waals surface area contributed by atoms with Crippen LogP contribution in [0.25, 0.3) is 11.1 Å². The Morgan fingerprint density at radius 2 is 1.88 bits per heavy atom. The maximum Gasteiger partial charge on any atom is 0.420 e. The molecule has 2 saturated heterocycles. The second-order valence-corrected chi connectivity index (χ2v) is 10.5. The molecule has 3 aromatic rings. The van der Waals surface area contributed by atoms with Crippen molar-refractivity contribution in [2.45, 2.75) is 49.6 Å². The number of carbonyl (C=O) groups excluding carboxylic acids is 1. The van der Waals surface area contributed by atoms with Gasteiger partial charge in [0.05, 0.1) is 16.5 Å². The van der Waals surface area contributed by atoms with E-state index < -0.39 is 15.8 Å². The summed E-state index contributed by atoms with van der Waals surface area (Å²) in [5, 5.41) is 0. The molecule has 0 N–H and O–H groups in total. The minimum Gasteiger partial charge on any atom is -0.408 e. The summed E-state index contributed by atoms with van der Waals surface area (Å²) >= 11 is 0. The largest absolute Gasteiger partial charge is 0.420 e. The Bertz CT molecular complexity index is 1330. The second-order valence-electron chi connectivity index (χ2n) is 8.58. The number of hydrogen-bond acceptors (Lipinski definition) is 6. The summed E-state index contributed by atoms with van der Waals surface area (Å²) in [7, 11) is -3.63. The first-order valence-corrected chi connectivity index (χ1v) is 12.7. The van der Waals surface area contributed by atoms with Gasteiger partial charge < -0.3 is 9.32 Å². The van der Waals surface area contributed by atoms with Gasteiger partial charge in [0.15, 0.2) is 5.58 Å². The number of pyridine rings is 1. The number of hydrogen-bond donors (Lipinski definition) is 0. The van der Waals surface area contributed by atoms with Crippen LogP contribution in [0.3, 0.4) is 0 Å². The number of benzene rings is 1. The first kappa shape index (κ1) is 21.8. The van der Waals surface area contributed by atoms with Gasteiger partial charge in [0.25, 0.3) is 0 Å². The van der Waals surface area contributed by atoms with Crippen LogP contribution in [-0.2, 0) is 21.4 Å². The Hall–Kier alpha value is -2.98. The van der Waals surface area contributed by atoms with E-state index in [-0.39, 0.29) is 29.0 Å². The molecule has 2 fully saturated rings. The third kappa shape index (κ3) is 4.08. The molecule has 1 amide bonds. The van der Waals surface area contributed by atoms with Crippen LogP contribution in [0.5, 0.6) is 0 Å². The van der Waals surface area contributed by atoms with E-state index in [0.29, 0.717) is 25.2 Å². The number of sulfonamides is 1. The highest BCUT2D eigenvalue weighted by Gasteiger charge is 2.30. The van der Waals surface area contributed by atoms with Crippen molar-refractivity contribution in [2.75, 3.05) is 19.6 Å². The lowest BCUT2D eigenvalue weighted by atomic mass is 9.96. The Kier molecular flexibility index (Phi) is 5.79. The number of aromatic nitrogens is 2. The van der Waals surface area contributed by atoms with Gasteiger partial charge in [-0.25, -0.2) is 13.2 Å². The van der Waals surface area contributed by atoms with Crippen molar-refractivity contribution in [3.8, 4) is 0 Å². The smallest absolute Gasteiger partial charge is 0.408 e. The van der Waals surface area contributed by atoms with E-state index in [9.17, 15) is 18.0 Å². The SMILES string of the molecule is O=C(Cn1c(=O)oc2cc(S(=O)(=O)N3CCCC3)ccc21)N1CCCCC1c1cccnc1. The molecule has 0 bridgehead atoms. The first-order chi connectivity index (χ1) is 15.9. The lowest BCUT2D eigenvalue weighted by molar-refractivity contribution is -0.135. The summed E-state index contributed by atoms with van der Waals surface area (Å²) in [6.45, 7) is 1.43. The van der Waals surface area contributed by atoms with Gasteiger partial charge in [-0.3, -0.25) is 14.3 Å². The summed E-state index contributed by atoms with van der Waals surface area (Å²) in [6.07, 6.45) is 7.92. The number of oxazole rings is 1. The molecule has 9 nitrogen and oxygen atoms in total. The number of fused-ring (bicyclic) bond motifs is 1. The molecule has 1 unspecified atom stereocenters. The Balaban J connectivity index is 1.42. The van der Waals surface area contributed by atoms with Gasteiger partial charge in [0, 0.05) is 38.1 Å². The zero-order valence-electron chi connectivity index (χ0n) is 18.2. The summed E-state index contributed by atoms with van der Waals surface area (Å²) in [6, 6.07) is 8.15. The van der Waals surface area contributed by atoms with Crippen molar-refractivity contribution < 1.29 is 17.6 Å². The van der Waals surface area contributed by atoms with Gasteiger partial charge >= 0.3 is 5.76 Å². The molecule has 5 rings (SSSR count). The van der Waals surface area contributed by atoms with E-state index in [0.717, 1.165) is 37.7 Å². The quantitative estimate of drug-likeness (QED) is 0.567. The molecule has 174 valence electrons. The van der Waals surface area contributed by atoms with Crippen molar-refractivity contribution in [2.24, 2.45) is 0 Å². The van der Waals surface area contributed by atoms with Crippen LogP contribution in [0, 0.1) is 0 Å². The van der Waals surface area contributed by atoms with Crippen LogP contribution in [0.1, 0.15) is 43.7 Å². The highest BCUT2D eigenvalue weighted by Crippen LogP contribution is 2.31. The van der Waals surface area contributed by atoms with E-state index in [1.165, 1.54) is 21.0 Å². The fourth-order valence-electron chi connectivity index (χ4n) is 4.81. The number of nitrogens with zero attached hydrogens (tertiary/aromatic N) is 4. The molecule has 2 aromatic heterocycles. The predicted octanol–water partition coefficient (Wildman–Crippen LogP) is 2.53. The molecule has 1 atom stereocenters. The predicted molar refractivity (Wildman–Crippen MR) is 121 cm³/mol. The fourth-order valence-corrected chi connectivity index (χ4v) is 6.34. The summed E-state index contributed by atoms with van der Waals surface area (Å²) in [5.74, 6) is -0.855. The summed E-state index contributed by atoms with van der Waals surface area (Å²) in [4.78, 5) is 31.9. The molecule has 1 aromatic carbocycles. The Morgan fingerprint density at radius 3 is 2.64 bits per heavy atom. The first-order valence-electron chi connectivity index (χ1n) is 11.3. The van der Waals surface area contributed by atoms with Crippen molar-refractivity contribution in [1.82, 2.24) is 18.8 Å². The normalized spacial score (nSPS) is 19.9. The second kappa shape index (κ2) is 8.75. The van der Waals surface area contributed by atoms with Crippen LogP contribution < -0.4 is 5.76 Å². The minimum atomic E-state index is -3.63. The number of rotatable bonds is 5. The van der Waals surface area contributed by atoms with Crippen molar-refractivity contribution >= 4 is 27.0 Å². The minimum absolute atomic E-state index is 0.0778. The van der Waals surface area contributed by atoms with E-state index in [4.69, 9.17) is 4.42 Å². The van der Waals surface area contributed by atoms with Crippen LogP contribution >= 0.6 is 0 Å². The topological polar surface area (TPSA) is 106 Å². The lowest BCUT2D eigenvalue weighted by Gasteiger charge is -2.36. The molecular formula is C23H26N4O5S. The van der Waals surface area contributed by atoms with Crippen molar-refractivity contribution in [3.63, 3.8) is 0 Å². The molecule has 2 aliphatic rings. The van der Waals surface area contributed by atoms with Gasteiger partial charge in [-0.15, -0.1) is 0 Å². The standard InChI is InChI=1S/C23H26N4O5S/c28-22(26-13-2-1-7-19(26)17-6-5-10-24-15-17)16-27-20-9-8-18(14-21(20)32-23(27)29)33(30,31)25-11-3-4-12-25/h5-6,8-10,14-15,19H,1-4,7,11-13,16H2. The number of piperidine rings is 1. The highest BCUT2D eigenvalue weighted by molar-refractivity contribution is 7.89. The fraction of sp³-hybridized carbons (Fsp3) is 0.435. The Morgan fingerprint density at radius 1 is 1.09 bits per heavy atom. The van der Waals surface area contributed by atoms with E-state index in [2.05, 4.69) is 4.98 Å². The maximum absolute atomic E-state index is 13.2. The van der Waals surface area contributed by atoms with Gasteiger partial charge in [0.1, 0.15) is 6.54 Å². The number of amides is 1. The molecule has 10 heteroatoms. The molecule has 0 spiro atoms. The average molecular weight is 471 g/mol. The zero-order valence-corrected chi connectivity index (χ0v) is 19.0. The number of carbonyl (C=O) groups is 1. The molecule has 33 heavy (non-hydrogen) atoms. The molecule has 0 radical (unpaired) electrons. The maximum atomic E-state index is 13.2. The molecule has 0 saturated carbocycles. The van der Waals surface area contributed by atoms with Crippen LogP contribution in [-0.4, -0.2) is 52.7 Å². The average Bonchev–Trinajstić information content (AvgIpc) is 3.48. The lowest BCUT2D eigenvalue weighted by Crippen LogP contribution is -2.41. The summed E-state index contributed by atoms with van der Waals surface area (Å²) in [5.41, 5.74) is 1.55. The zero-order chi connectivity index (χ0) is 23.0. The van der Waals surface area contributed by atoms with Crippen LogP contribution in [0.4, 0.5) is 0 Å². The van der Waals surface area contributed by atoms with Gasteiger partial charge in [-0.05, 0) is 55.9 Å². The van der Waals surface area contributed by atoms with Crippen LogP contribution in [0.2, 0.25) is 0 Å². The Labute approximate surface area is 191 Å². The third-order valence-corrected chi connectivity index (χ3v) is 8.42. The van der Waals surface area contributed by atoms with Crippen LogP contribution in [0.15, 0.2) is 56.8 Å². The molecule has 4 heterocycles.